The largest absolute Gasteiger partial charge is 0.481 e. The normalized spacial score (nSPS) is 16.4. The fourth-order valence-electron chi connectivity index (χ4n) is 6.30. The number of halogens is 1. The van der Waals surface area contributed by atoms with Crippen LogP contribution in [0.15, 0.2) is 94.4 Å². The molecule has 0 saturated heterocycles. The molecule has 214 valence electrons. The molecule has 0 fully saturated rings. The number of methoxy groups -OCH3 is 1. The van der Waals surface area contributed by atoms with Gasteiger partial charge in [-0.25, -0.2) is 4.99 Å². The van der Waals surface area contributed by atoms with Crippen molar-refractivity contribution in [1.82, 2.24) is 4.90 Å². The first-order valence-corrected chi connectivity index (χ1v) is 15.3. The minimum atomic E-state index is -0.301. The minimum absolute atomic E-state index is 0.00631. The Labute approximate surface area is 254 Å². The average molecular weight is 612 g/mol. The summed E-state index contributed by atoms with van der Waals surface area (Å²) in [5.41, 5.74) is 6.85. The number of allylic oxidation sites excluding steroid dienone is 2. The monoisotopic (exact) mass is 610 g/mol. The zero-order chi connectivity index (χ0) is 29.6. The van der Waals surface area contributed by atoms with Gasteiger partial charge in [-0.15, -0.1) is 0 Å². The number of hydrogen-bond donors (Lipinski definition) is 0. The zero-order valence-electron chi connectivity index (χ0n) is 25.4. The highest BCUT2D eigenvalue weighted by Crippen LogP contribution is 2.47. The molecule has 4 heteroatoms. The van der Waals surface area contributed by atoms with E-state index in [0.29, 0.717) is 5.90 Å². The molecule has 0 radical (unpaired) electrons. The van der Waals surface area contributed by atoms with Crippen LogP contribution in [0.2, 0.25) is 0 Å². The molecule has 4 rings (SSSR count). The highest BCUT2D eigenvalue weighted by molar-refractivity contribution is 9.10. The quantitative estimate of drug-likeness (QED) is 0.247. The van der Waals surface area contributed by atoms with E-state index in [9.17, 15) is 0 Å². The lowest BCUT2D eigenvalue weighted by Crippen LogP contribution is -2.44. The summed E-state index contributed by atoms with van der Waals surface area (Å²) in [6.07, 6.45) is 10.4. The molecule has 3 aromatic rings. The first-order chi connectivity index (χ1) is 19.8. The standard InChI is InChI=1S/C37H43BrN2O/c1-8-14-31-27(9-2)18-17-26(4)34(31)37(5,23-24-40(6)10-3)35(28-15-12-11-13-16-28)32-21-19-29-25-30(38)20-22-33(29)39-36(32)41-7/h8-9,11-18,20-22,25,35H,1,10,19,23-24H2,2-7H3/b27-9-,31-14+. The van der Waals surface area contributed by atoms with E-state index in [1.54, 1.807) is 7.11 Å². The van der Waals surface area contributed by atoms with Gasteiger partial charge in [0, 0.05) is 21.4 Å². The van der Waals surface area contributed by atoms with Crippen LogP contribution in [0.5, 0.6) is 0 Å². The maximum absolute atomic E-state index is 6.13. The summed E-state index contributed by atoms with van der Waals surface area (Å²) in [5, 5.41) is 2.46. The Kier molecular flexibility index (Phi) is 10.2. The number of ether oxygens (including phenoxy) is 1. The third kappa shape index (κ3) is 6.50. The van der Waals surface area contributed by atoms with Crippen LogP contribution in [-0.4, -0.2) is 38.0 Å². The lowest BCUT2D eigenvalue weighted by atomic mass is 9.62. The van der Waals surface area contributed by atoms with Crippen molar-refractivity contribution in [3.8, 4) is 0 Å². The van der Waals surface area contributed by atoms with Crippen LogP contribution in [-0.2, 0) is 16.6 Å². The molecule has 0 saturated carbocycles. The maximum Gasteiger partial charge on any atom is 0.217 e. The van der Waals surface area contributed by atoms with E-state index in [4.69, 9.17) is 9.73 Å². The van der Waals surface area contributed by atoms with Crippen LogP contribution in [0.25, 0.3) is 12.2 Å². The number of nitrogens with zero attached hydrogens (tertiary/aromatic N) is 2. The summed E-state index contributed by atoms with van der Waals surface area (Å²) < 4.78 is 7.19. The predicted molar refractivity (Wildman–Crippen MR) is 180 cm³/mol. The summed E-state index contributed by atoms with van der Waals surface area (Å²) in [5.74, 6) is 0.674. The van der Waals surface area contributed by atoms with Gasteiger partial charge in [-0.05, 0) is 97.7 Å². The molecule has 1 aliphatic rings. The Morgan fingerprint density at radius 2 is 1.90 bits per heavy atom. The van der Waals surface area contributed by atoms with E-state index in [1.807, 2.05) is 12.1 Å². The van der Waals surface area contributed by atoms with Crippen molar-refractivity contribution in [1.29, 1.82) is 0 Å². The number of rotatable bonds is 9. The highest BCUT2D eigenvalue weighted by Gasteiger charge is 2.42. The zero-order valence-corrected chi connectivity index (χ0v) is 27.0. The maximum atomic E-state index is 6.13. The SMILES string of the molecule is C=C/C=c1/c(C(C)(CCN(C)CC)C(C2=CCc3cc(Br)ccc3N=C2OC)c2ccccc2)c(C)cc/c1=C/C. The van der Waals surface area contributed by atoms with Crippen LogP contribution in [0, 0.1) is 6.92 Å². The Morgan fingerprint density at radius 3 is 2.56 bits per heavy atom. The first-order valence-electron chi connectivity index (χ1n) is 14.5. The summed E-state index contributed by atoms with van der Waals surface area (Å²) in [6.45, 7) is 15.1. The van der Waals surface area contributed by atoms with E-state index >= 15 is 0 Å². The van der Waals surface area contributed by atoms with Crippen LogP contribution in [0.4, 0.5) is 5.69 Å². The molecular formula is C37H43BrN2O. The number of hydrogen-bond acceptors (Lipinski definition) is 3. The second kappa shape index (κ2) is 13.6. The van der Waals surface area contributed by atoms with E-state index in [-0.39, 0.29) is 11.3 Å². The molecule has 41 heavy (non-hydrogen) atoms. The van der Waals surface area contributed by atoms with Gasteiger partial charge in [0.15, 0.2) is 0 Å². The second-order valence-corrected chi connectivity index (χ2v) is 12.0. The van der Waals surface area contributed by atoms with Crippen molar-refractivity contribution in [2.24, 2.45) is 4.99 Å². The molecule has 1 heterocycles. The molecule has 3 aromatic carbocycles. The minimum Gasteiger partial charge on any atom is -0.481 e. The molecule has 0 N–H and O–H groups in total. The van der Waals surface area contributed by atoms with Crippen molar-refractivity contribution in [3.05, 3.63) is 122 Å². The van der Waals surface area contributed by atoms with Gasteiger partial charge in [0.05, 0.1) is 12.8 Å². The third-order valence-corrected chi connectivity index (χ3v) is 9.03. The molecule has 0 aliphatic carbocycles. The lowest BCUT2D eigenvalue weighted by molar-refractivity contribution is 0.278. The fraction of sp³-hybridized carbons (Fsp3) is 0.324. The van der Waals surface area contributed by atoms with Gasteiger partial charge < -0.3 is 9.64 Å². The van der Waals surface area contributed by atoms with Crippen LogP contribution >= 0.6 is 15.9 Å². The van der Waals surface area contributed by atoms with Gasteiger partial charge in [-0.1, -0.05) is 103 Å². The summed E-state index contributed by atoms with van der Waals surface area (Å²) in [6, 6.07) is 21.7. The summed E-state index contributed by atoms with van der Waals surface area (Å²) in [7, 11) is 3.95. The smallest absolute Gasteiger partial charge is 0.217 e. The topological polar surface area (TPSA) is 24.8 Å². The van der Waals surface area contributed by atoms with Crippen LogP contribution in [0.1, 0.15) is 55.4 Å². The van der Waals surface area contributed by atoms with Gasteiger partial charge in [0.2, 0.25) is 5.90 Å². The van der Waals surface area contributed by atoms with E-state index < -0.39 is 0 Å². The van der Waals surface area contributed by atoms with Crippen LogP contribution in [0.3, 0.4) is 0 Å². The number of fused-ring (bicyclic) bond motifs is 1. The van der Waals surface area contributed by atoms with E-state index in [0.717, 1.165) is 41.7 Å². The predicted octanol–water partition coefficient (Wildman–Crippen LogP) is 7.77. The van der Waals surface area contributed by atoms with Gasteiger partial charge in [0.25, 0.3) is 0 Å². The highest BCUT2D eigenvalue weighted by atomic mass is 79.9. The van der Waals surface area contributed by atoms with Gasteiger partial charge in [0.1, 0.15) is 0 Å². The Balaban J connectivity index is 2.09. The van der Waals surface area contributed by atoms with Crippen molar-refractivity contribution < 1.29 is 4.74 Å². The first kappa shape index (κ1) is 30.7. The van der Waals surface area contributed by atoms with Crippen molar-refractivity contribution in [2.45, 2.75) is 51.9 Å². The Morgan fingerprint density at radius 1 is 1.15 bits per heavy atom. The molecular weight excluding hydrogens is 568 g/mol. The number of benzene rings is 3. The van der Waals surface area contributed by atoms with E-state index in [2.05, 4.69) is 135 Å². The van der Waals surface area contributed by atoms with Gasteiger partial charge in [-0.3, -0.25) is 0 Å². The molecule has 0 spiro atoms. The molecule has 0 bridgehead atoms. The molecule has 2 unspecified atom stereocenters. The molecule has 3 nitrogen and oxygen atoms in total. The fourth-order valence-corrected chi connectivity index (χ4v) is 6.70. The number of aliphatic imine (C=N–C) groups is 1. The molecule has 0 aromatic heterocycles. The third-order valence-electron chi connectivity index (χ3n) is 8.53. The lowest BCUT2D eigenvalue weighted by Gasteiger charge is -2.42. The molecule has 2 atom stereocenters. The summed E-state index contributed by atoms with van der Waals surface area (Å²) >= 11 is 3.66. The number of aryl methyl sites for hydroxylation is 1. The van der Waals surface area contributed by atoms with Crippen molar-refractivity contribution >= 4 is 39.7 Å². The second-order valence-electron chi connectivity index (χ2n) is 11.1. The van der Waals surface area contributed by atoms with Crippen molar-refractivity contribution in [2.75, 3.05) is 27.2 Å². The van der Waals surface area contributed by atoms with Crippen LogP contribution < -0.4 is 10.4 Å². The van der Waals surface area contributed by atoms with Crippen molar-refractivity contribution in [3.63, 3.8) is 0 Å². The average Bonchev–Trinajstić information content (AvgIpc) is 3.16. The Hall–Kier alpha value is -3.21. The molecule has 0 amide bonds. The van der Waals surface area contributed by atoms with Gasteiger partial charge in [-0.2, -0.15) is 0 Å². The van der Waals surface area contributed by atoms with E-state index in [1.165, 1.54) is 32.7 Å². The Bertz CT molecular complexity index is 1570. The molecule has 1 aliphatic heterocycles. The van der Waals surface area contributed by atoms with Gasteiger partial charge >= 0.3 is 0 Å². The summed E-state index contributed by atoms with van der Waals surface area (Å²) in [4.78, 5) is 7.53.